The number of ether oxygens (including phenoxy) is 2. The number of nitrogens with one attached hydrogen (secondary N) is 2. The predicted octanol–water partition coefficient (Wildman–Crippen LogP) is 7.77. The fraction of sp³-hybridized carbons (Fsp3) is 0.500. The molecule has 2 saturated heterocycles. The number of carbonyl (C=O) groups is 2. The highest BCUT2D eigenvalue weighted by Gasteiger charge is 2.45. The Bertz CT molecular complexity index is 1560. The Labute approximate surface area is 295 Å². The molecule has 0 aliphatic carbocycles. The zero-order chi connectivity index (χ0) is 33.8. The van der Waals surface area contributed by atoms with Gasteiger partial charge in [0, 0.05) is 48.9 Å². The molecule has 5 rings (SSSR count). The molecule has 2 N–H and O–H groups in total. The van der Waals surface area contributed by atoms with Crippen LogP contribution in [0.2, 0.25) is 10.0 Å². The van der Waals surface area contributed by atoms with Crippen LogP contribution in [-0.2, 0) is 20.8 Å². The summed E-state index contributed by atoms with van der Waals surface area (Å²) in [6.07, 6.45) is 1.44. The normalized spacial score (nSPS) is 18.7. The van der Waals surface area contributed by atoms with Crippen molar-refractivity contribution in [3.8, 4) is 11.3 Å². The highest BCUT2D eigenvalue weighted by molar-refractivity contribution is 8.01. The van der Waals surface area contributed by atoms with E-state index in [1.165, 1.54) is 23.1 Å². The van der Waals surface area contributed by atoms with E-state index in [-0.39, 0.29) is 24.1 Å². The molecular formula is C34H43Cl2N5O4S2. The van der Waals surface area contributed by atoms with Crippen molar-refractivity contribution in [3.63, 3.8) is 0 Å². The molecule has 0 bridgehead atoms. The summed E-state index contributed by atoms with van der Waals surface area (Å²) in [6, 6.07) is 13.8. The Morgan fingerprint density at radius 1 is 1.13 bits per heavy atom. The summed E-state index contributed by atoms with van der Waals surface area (Å²) in [4.78, 5) is 34.6. The minimum absolute atomic E-state index is 0.0281. The molecule has 2 aromatic carbocycles. The van der Waals surface area contributed by atoms with Crippen LogP contribution in [0, 0.1) is 0 Å². The highest BCUT2D eigenvalue weighted by atomic mass is 35.5. The molecule has 47 heavy (non-hydrogen) atoms. The lowest BCUT2D eigenvalue weighted by atomic mass is 10.0. The Morgan fingerprint density at radius 3 is 2.62 bits per heavy atom. The van der Waals surface area contributed by atoms with E-state index in [1.54, 1.807) is 4.90 Å². The maximum atomic E-state index is 13.0. The number of rotatable bonds is 10. The van der Waals surface area contributed by atoms with Crippen LogP contribution in [0.4, 0.5) is 10.5 Å². The zero-order valence-corrected chi connectivity index (χ0v) is 30.6. The van der Waals surface area contributed by atoms with E-state index in [0.29, 0.717) is 28.9 Å². The predicted molar refractivity (Wildman–Crippen MR) is 192 cm³/mol. The van der Waals surface area contributed by atoms with Crippen LogP contribution in [0.25, 0.3) is 11.3 Å². The Hall–Kier alpha value is -2.54. The first-order chi connectivity index (χ1) is 22.3. The van der Waals surface area contributed by atoms with Gasteiger partial charge in [-0.25, -0.2) is 9.78 Å². The van der Waals surface area contributed by atoms with Gasteiger partial charge in [-0.2, -0.15) is 0 Å². The third-order valence-electron chi connectivity index (χ3n) is 8.02. The molecular weight excluding hydrogens is 677 g/mol. The summed E-state index contributed by atoms with van der Waals surface area (Å²) >= 11 is 15.2. The van der Waals surface area contributed by atoms with E-state index in [2.05, 4.69) is 15.5 Å². The van der Waals surface area contributed by atoms with Gasteiger partial charge in [0.1, 0.15) is 11.3 Å². The number of nitrogens with zero attached hydrogens (tertiary/aromatic N) is 3. The van der Waals surface area contributed by atoms with Crippen molar-refractivity contribution in [2.45, 2.75) is 81.8 Å². The standard InChI is InChI=1S/C34H43Cl2N5O4S2/c1-33(2,3)45-32(43)41-26(19-44-34(41,4)5)17-37-25-8-6-7-23(16-25)29-20-46-31(39-29)47-21-30(42)38-24-11-13-40(14-12-24)18-22-9-10-27(35)28(36)15-22/h6-10,15-16,20,24,26,37H,11-14,17-19,21H2,1-5H3,(H,38,42)/t26-/m0/s1. The number of aromatic nitrogens is 1. The second kappa shape index (κ2) is 15.3. The van der Waals surface area contributed by atoms with E-state index < -0.39 is 11.3 Å². The number of anilines is 1. The fourth-order valence-electron chi connectivity index (χ4n) is 5.72. The molecule has 3 aromatic rings. The summed E-state index contributed by atoms with van der Waals surface area (Å²) in [5.74, 6) is 0.354. The molecule has 0 spiro atoms. The van der Waals surface area contributed by atoms with Crippen LogP contribution >= 0.6 is 46.3 Å². The molecule has 3 heterocycles. The Kier molecular flexibility index (Phi) is 11.7. The average molecular weight is 721 g/mol. The van der Waals surface area contributed by atoms with Crippen LogP contribution in [0.5, 0.6) is 0 Å². The summed E-state index contributed by atoms with van der Waals surface area (Å²) in [5, 5.41) is 9.82. The molecule has 1 atom stereocenters. The molecule has 1 aromatic heterocycles. The minimum atomic E-state index is -0.756. The third-order valence-corrected chi connectivity index (χ3v) is 10.8. The van der Waals surface area contributed by atoms with Crippen molar-refractivity contribution in [3.05, 3.63) is 63.5 Å². The Balaban J connectivity index is 1.07. The minimum Gasteiger partial charge on any atom is -0.444 e. The lowest BCUT2D eigenvalue weighted by Gasteiger charge is -2.35. The SMILES string of the molecule is CC(C)(C)OC(=O)N1[C@@H](CNc2cccc(-c3csc(SCC(=O)NC4CCN(Cc5ccc(Cl)c(Cl)c5)CC4)n3)c2)COC1(C)C. The average Bonchev–Trinajstić information content (AvgIpc) is 3.61. The summed E-state index contributed by atoms with van der Waals surface area (Å²) in [5.41, 5.74) is 2.54. The van der Waals surface area contributed by atoms with E-state index in [0.717, 1.165) is 59.3 Å². The maximum absolute atomic E-state index is 13.0. The summed E-state index contributed by atoms with van der Waals surface area (Å²) < 4.78 is 12.4. The molecule has 2 amide bonds. The van der Waals surface area contributed by atoms with Crippen LogP contribution in [0.3, 0.4) is 0 Å². The van der Waals surface area contributed by atoms with Crippen molar-refractivity contribution in [1.29, 1.82) is 0 Å². The number of benzene rings is 2. The topological polar surface area (TPSA) is 96.0 Å². The first-order valence-electron chi connectivity index (χ1n) is 15.8. The van der Waals surface area contributed by atoms with Crippen LogP contribution in [0.15, 0.2) is 52.2 Å². The maximum Gasteiger partial charge on any atom is 0.412 e. The molecule has 0 unspecified atom stereocenters. The molecule has 13 heteroatoms. The van der Waals surface area contributed by atoms with Gasteiger partial charge in [0.05, 0.1) is 34.1 Å². The number of hydrogen-bond acceptors (Lipinski definition) is 9. The lowest BCUT2D eigenvalue weighted by Crippen LogP contribution is -2.51. The van der Waals surface area contributed by atoms with E-state index in [9.17, 15) is 9.59 Å². The molecule has 254 valence electrons. The van der Waals surface area contributed by atoms with E-state index in [1.807, 2.05) is 82.5 Å². The number of halogens is 2. The van der Waals surface area contributed by atoms with Gasteiger partial charge < -0.3 is 20.1 Å². The number of thioether (sulfide) groups is 1. The molecule has 0 radical (unpaired) electrons. The number of carbonyl (C=O) groups excluding carboxylic acids is 2. The Morgan fingerprint density at radius 2 is 1.89 bits per heavy atom. The first kappa shape index (κ1) is 35.8. The van der Waals surface area contributed by atoms with Gasteiger partial charge in [-0.15, -0.1) is 11.3 Å². The van der Waals surface area contributed by atoms with Gasteiger partial charge in [0.2, 0.25) is 5.91 Å². The highest BCUT2D eigenvalue weighted by Crippen LogP contribution is 2.32. The number of piperidine rings is 1. The summed E-state index contributed by atoms with van der Waals surface area (Å²) in [7, 11) is 0. The fourth-order valence-corrected chi connectivity index (χ4v) is 7.69. The third kappa shape index (κ3) is 9.99. The van der Waals surface area contributed by atoms with Crippen molar-refractivity contribution in [2.24, 2.45) is 0 Å². The smallest absolute Gasteiger partial charge is 0.412 e. The molecule has 2 aliphatic rings. The van der Waals surface area contributed by atoms with Crippen molar-refractivity contribution >= 4 is 64.0 Å². The van der Waals surface area contributed by atoms with Crippen molar-refractivity contribution in [1.82, 2.24) is 20.1 Å². The van der Waals surface area contributed by atoms with Gasteiger partial charge in [0.25, 0.3) is 0 Å². The number of hydrogen-bond donors (Lipinski definition) is 2. The van der Waals surface area contributed by atoms with Crippen molar-refractivity contribution < 1.29 is 19.1 Å². The lowest BCUT2D eigenvalue weighted by molar-refractivity contribution is -0.119. The summed E-state index contributed by atoms with van der Waals surface area (Å²) in [6.45, 7) is 12.9. The number of thiazole rings is 1. The number of amides is 2. The van der Waals surface area contributed by atoms with Gasteiger partial charge in [-0.05, 0) is 77.3 Å². The quantitative estimate of drug-likeness (QED) is 0.205. The van der Waals surface area contributed by atoms with E-state index >= 15 is 0 Å². The monoisotopic (exact) mass is 719 g/mol. The van der Waals surface area contributed by atoms with Crippen LogP contribution in [-0.4, -0.2) is 82.2 Å². The number of likely N-dealkylation sites (tertiary alicyclic amines) is 1. The molecule has 9 nitrogen and oxygen atoms in total. The second-order valence-corrected chi connectivity index (χ2v) is 16.3. The first-order valence-corrected chi connectivity index (χ1v) is 18.4. The van der Waals surface area contributed by atoms with Crippen LogP contribution in [0.1, 0.15) is 53.0 Å². The molecule has 2 aliphatic heterocycles. The van der Waals surface area contributed by atoms with Crippen molar-refractivity contribution in [2.75, 3.05) is 37.3 Å². The molecule has 0 saturated carbocycles. The van der Waals surface area contributed by atoms with Gasteiger partial charge in [-0.3, -0.25) is 14.6 Å². The zero-order valence-electron chi connectivity index (χ0n) is 27.5. The van der Waals surface area contributed by atoms with Gasteiger partial charge >= 0.3 is 6.09 Å². The molecule has 2 fully saturated rings. The van der Waals surface area contributed by atoms with Gasteiger partial charge in [0.15, 0.2) is 4.34 Å². The second-order valence-electron chi connectivity index (χ2n) is 13.4. The van der Waals surface area contributed by atoms with Gasteiger partial charge in [-0.1, -0.05) is 53.2 Å². The largest absolute Gasteiger partial charge is 0.444 e. The van der Waals surface area contributed by atoms with Crippen LogP contribution < -0.4 is 10.6 Å². The van der Waals surface area contributed by atoms with E-state index in [4.69, 9.17) is 37.7 Å².